The summed E-state index contributed by atoms with van der Waals surface area (Å²) in [6, 6.07) is 3.03. The van der Waals surface area contributed by atoms with Gasteiger partial charge in [0.15, 0.2) is 5.76 Å². The summed E-state index contributed by atoms with van der Waals surface area (Å²) >= 11 is 0. The van der Waals surface area contributed by atoms with Gasteiger partial charge in [-0.05, 0) is 38.3 Å². The van der Waals surface area contributed by atoms with E-state index in [1.807, 2.05) is 0 Å². The quantitative estimate of drug-likeness (QED) is 0.636. The highest BCUT2D eigenvalue weighted by atomic mass is 16.3. The topological polar surface area (TPSA) is 91.7 Å². The molecule has 1 aliphatic carbocycles. The van der Waals surface area contributed by atoms with Crippen LogP contribution in [0, 0.1) is 6.92 Å². The number of hydrogen-bond donors (Lipinski definition) is 2. The van der Waals surface area contributed by atoms with Gasteiger partial charge < -0.3 is 15.1 Å². The fourth-order valence-electron chi connectivity index (χ4n) is 3.28. The zero-order valence-electron chi connectivity index (χ0n) is 13.2. The van der Waals surface area contributed by atoms with Crippen molar-refractivity contribution in [3.63, 3.8) is 0 Å². The SMILES string of the molecule is Cc1ccc(C(=O)NCCCN2C(=O)NC3(CCCC3)C2=O)o1. The first-order valence-electron chi connectivity index (χ1n) is 8.01. The van der Waals surface area contributed by atoms with E-state index in [0.29, 0.717) is 25.3 Å². The highest BCUT2D eigenvalue weighted by Crippen LogP contribution is 2.34. The molecule has 2 fully saturated rings. The van der Waals surface area contributed by atoms with Crippen LogP contribution in [-0.2, 0) is 4.79 Å². The molecule has 7 heteroatoms. The van der Waals surface area contributed by atoms with Crippen LogP contribution in [0.25, 0.3) is 0 Å². The van der Waals surface area contributed by atoms with Gasteiger partial charge in [-0.15, -0.1) is 0 Å². The first-order chi connectivity index (χ1) is 11.0. The van der Waals surface area contributed by atoms with Crippen molar-refractivity contribution < 1.29 is 18.8 Å². The van der Waals surface area contributed by atoms with E-state index >= 15 is 0 Å². The first kappa shape index (κ1) is 15.6. The lowest BCUT2D eigenvalue weighted by atomic mass is 9.98. The molecular weight excluding hydrogens is 298 g/mol. The van der Waals surface area contributed by atoms with E-state index in [0.717, 1.165) is 25.7 Å². The van der Waals surface area contributed by atoms with Gasteiger partial charge in [0.25, 0.3) is 11.8 Å². The van der Waals surface area contributed by atoms with Crippen molar-refractivity contribution in [3.8, 4) is 0 Å². The minimum Gasteiger partial charge on any atom is -0.456 e. The Kier molecular flexibility index (Phi) is 4.11. The molecule has 0 unspecified atom stereocenters. The van der Waals surface area contributed by atoms with Crippen LogP contribution in [0.2, 0.25) is 0 Å². The Morgan fingerprint density at radius 1 is 1.35 bits per heavy atom. The Bertz CT molecular complexity index is 631. The van der Waals surface area contributed by atoms with Crippen molar-refractivity contribution in [3.05, 3.63) is 23.7 Å². The average molecular weight is 319 g/mol. The van der Waals surface area contributed by atoms with Gasteiger partial charge in [0.1, 0.15) is 11.3 Å². The van der Waals surface area contributed by atoms with Crippen molar-refractivity contribution in [1.82, 2.24) is 15.5 Å². The fourth-order valence-corrected chi connectivity index (χ4v) is 3.28. The Morgan fingerprint density at radius 2 is 2.09 bits per heavy atom. The Morgan fingerprint density at radius 3 is 2.74 bits per heavy atom. The van der Waals surface area contributed by atoms with Gasteiger partial charge in [0, 0.05) is 13.1 Å². The molecule has 3 rings (SSSR count). The first-order valence-corrected chi connectivity index (χ1v) is 8.01. The zero-order valence-corrected chi connectivity index (χ0v) is 13.2. The molecule has 0 atom stereocenters. The molecule has 1 spiro atoms. The summed E-state index contributed by atoms with van der Waals surface area (Å²) in [6.45, 7) is 2.46. The Labute approximate surface area is 134 Å². The molecule has 1 saturated heterocycles. The number of carbonyl (C=O) groups is 3. The van der Waals surface area contributed by atoms with Crippen LogP contribution in [0.4, 0.5) is 4.79 Å². The Balaban J connectivity index is 1.46. The van der Waals surface area contributed by atoms with E-state index in [4.69, 9.17) is 4.42 Å². The highest BCUT2D eigenvalue weighted by molar-refractivity contribution is 6.07. The third-order valence-electron chi connectivity index (χ3n) is 4.51. The predicted molar refractivity (Wildman–Crippen MR) is 81.8 cm³/mol. The highest BCUT2D eigenvalue weighted by Gasteiger charge is 2.51. The smallest absolute Gasteiger partial charge is 0.325 e. The lowest BCUT2D eigenvalue weighted by molar-refractivity contribution is -0.131. The van der Waals surface area contributed by atoms with E-state index < -0.39 is 5.54 Å². The van der Waals surface area contributed by atoms with Crippen LogP contribution >= 0.6 is 0 Å². The maximum Gasteiger partial charge on any atom is 0.325 e. The minimum atomic E-state index is -0.661. The summed E-state index contributed by atoms with van der Waals surface area (Å²) in [5, 5.41) is 5.57. The second-order valence-corrected chi connectivity index (χ2v) is 6.20. The number of urea groups is 1. The maximum atomic E-state index is 12.4. The summed E-state index contributed by atoms with van der Waals surface area (Å²) in [5.41, 5.74) is -0.661. The van der Waals surface area contributed by atoms with Gasteiger partial charge in [-0.3, -0.25) is 14.5 Å². The zero-order chi connectivity index (χ0) is 16.4. The van der Waals surface area contributed by atoms with Gasteiger partial charge in [0.05, 0.1) is 0 Å². The third-order valence-corrected chi connectivity index (χ3v) is 4.51. The van der Waals surface area contributed by atoms with Crippen LogP contribution < -0.4 is 10.6 Å². The van der Waals surface area contributed by atoms with Gasteiger partial charge in [-0.2, -0.15) is 0 Å². The number of hydrogen-bond acceptors (Lipinski definition) is 4. The second kappa shape index (κ2) is 6.06. The summed E-state index contributed by atoms with van der Waals surface area (Å²) in [5.74, 6) is 0.536. The Hall–Kier alpha value is -2.31. The number of imide groups is 1. The standard InChI is InChI=1S/C16H21N3O4/c1-11-5-6-12(23-11)13(20)17-9-4-10-19-14(21)16(18-15(19)22)7-2-3-8-16/h5-6H,2-4,7-10H2,1H3,(H,17,20)(H,18,22). The van der Waals surface area contributed by atoms with Gasteiger partial charge in [-0.25, -0.2) is 4.79 Å². The lowest BCUT2D eigenvalue weighted by Gasteiger charge is -2.20. The number of amides is 4. The fraction of sp³-hybridized carbons (Fsp3) is 0.562. The van der Waals surface area contributed by atoms with Crippen molar-refractivity contribution in [2.24, 2.45) is 0 Å². The molecule has 0 bridgehead atoms. The van der Waals surface area contributed by atoms with Crippen molar-refractivity contribution in [1.29, 1.82) is 0 Å². The number of nitrogens with one attached hydrogen (secondary N) is 2. The molecule has 124 valence electrons. The summed E-state index contributed by atoms with van der Waals surface area (Å²) in [6.07, 6.45) is 3.91. The molecule has 0 aromatic carbocycles. The summed E-state index contributed by atoms with van der Waals surface area (Å²) in [7, 11) is 0. The van der Waals surface area contributed by atoms with E-state index in [1.54, 1.807) is 19.1 Å². The molecule has 2 heterocycles. The molecule has 2 aliphatic rings. The molecule has 4 amide bonds. The van der Waals surface area contributed by atoms with Crippen molar-refractivity contribution in [2.75, 3.05) is 13.1 Å². The second-order valence-electron chi connectivity index (χ2n) is 6.20. The summed E-state index contributed by atoms with van der Waals surface area (Å²) < 4.78 is 5.23. The molecule has 1 aromatic heterocycles. The molecule has 1 aromatic rings. The van der Waals surface area contributed by atoms with Crippen LogP contribution in [0.3, 0.4) is 0 Å². The predicted octanol–water partition coefficient (Wildman–Crippen LogP) is 1.57. The van der Waals surface area contributed by atoms with Crippen LogP contribution in [0.5, 0.6) is 0 Å². The number of rotatable bonds is 5. The molecule has 1 saturated carbocycles. The van der Waals surface area contributed by atoms with Crippen LogP contribution in [0.15, 0.2) is 16.5 Å². The van der Waals surface area contributed by atoms with Crippen molar-refractivity contribution in [2.45, 2.75) is 44.6 Å². The minimum absolute atomic E-state index is 0.118. The van der Waals surface area contributed by atoms with Gasteiger partial charge in [-0.1, -0.05) is 12.8 Å². The average Bonchev–Trinajstić information content (AvgIpc) is 3.20. The largest absolute Gasteiger partial charge is 0.456 e. The molecule has 2 N–H and O–H groups in total. The van der Waals surface area contributed by atoms with E-state index in [1.165, 1.54) is 4.90 Å². The molecule has 0 radical (unpaired) electrons. The maximum absolute atomic E-state index is 12.4. The number of aryl methyl sites for hydroxylation is 1. The van der Waals surface area contributed by atoms with Crippen molar-refractivity contribution >= 4 is 17.8 Å². The lowest BCUT2D eigenvalue weighted by Crippen LogP contribution is -2.44. The molecule has 23 heavy (non-hydrogen) atoms. The molecule has 7 nitrogen and oxygen atoms in total. The summed E-state index contributed by atoms with van der Waals surface area (Å²) in [4.78, 5) is 37.5. The van der Waals surface area contributed by atoms with E-state index in [9.17, 15) is 14.4 Å². The molecule has 1 aliphatic heterocycles. The van der Waals surface area contributed by atoms with Crippen LogP contribution in [0.1, 0.15) is 48.4 Å². The number of furan rings is 1. The monoisotopic (exact) mass is 319 g/mol. The van der Waals surface area contributed by atoms with E-state index in [2.05, 4.69) is 10.6 Å². The van der Waals surface area contributed by atoms with Gasteiger partial charge >= 0.3 is 6.03 Å². The normalized spacial score (nSPS) is 19.4. The van der Waals surface area contributed by atoms with Crippen LogP contribution in [-0.4, -0.2) is 41.4 Å². The third kappa shape index (κ3) is 2.95. The van der Waals surface area contributed by atoms with Gasteiger partial charge in [0.2, 0.25) is 0 Å². The number of carbonyl (C=O) groups excluding carboxylic acids is 3. The van der Waals surface area contributed by atoms with E-state index in [-0.39, 0.29) is 23.6 Å². The number of nitrogens with zero attached hydrogens (tertiary/aromatic N) is 1. The molecular formula is C16H21N3O4.